The number of carboxylic acids is 1. The first-order valence-corrected chi connectivity index (χ1v) is 6.77. The van der Waals surface area contributed by atoms with Gasteiger partial charge in [0, 0.05) is 29.7 Å². The average Bonchev–Trinajstić information content (AvgIpc) is 2.83. The van der Waals surface area contributed by atoms with Gasteiger partial charge < -0.3 is 9.67 Å². The van der Waals surface area contributed by atoms with E-state index in [0.717, 1.165) is 12.1 Å². The number of benzene rings is 2. The van der Waals surface area contributed by atoms with Crippen molar-refractivity contribution >= 4 is 16.9 Å². The lowest BCUT2D eigenvalue weighted by Gasteiger charge is -2.08. The molecule has 118 valence electrons. The van der Waals surface area contributed by atoms with Crippen molar-refractivity contribution in [3.8, 4) is 11.1 Å². The van der Waals surface area contributed by atoms with Crippen LogP contribution >= 0.6 is 0 Å². The number of hydrogen-bond donors (Lipinski definition) is 1. The van der Waals surface area contributed by atoms with Crippen LogP contribution in [-0.4, -0.2) is 15.6 Å². The zero-order valence-electron chi connectivity index (χ0n) is 12.1. The fraction of sp³-hybridized carbons (Fsp3) is 0.118. The van der Waals surface area contributed by atoms with Crippen LogP contribution in [0.1, 0.15) is 15.9 Å². The Morgan fingerprint density at radius 1 is 1.13 bits per heavy atom. The van der Waals surface area contributed by atoms with Gasteiger partial charge in [-0.2, -0.15) is 13.2 Å². The van der Waals surface area contributed by atoms with Crippen LogP contribution in [0.15, 0.2) is 48.7 Å². The largest absolute Gasteiger partial charge is 0.478 e. The Hall–Kier alpha value is -2.76. The third-order valence-corrected chi connectivity index (χ3v) is 3.74. The first-order valence-electron chi connectivity index (χ1n) is 6.77. The molecule has 0 radical (unpaired) electrons. The molecule has 3 nitrogen and oxygen atoms in total. The van der Waals surface area contributed by atoms with Crippen LogP contribution in [0.2, 0.25) is 0 Å². The van der Waals surface area contributed by atoms with Crippen molar-refractivity contribution in [1.82, 2.24) is 4.57 Å². The molecular weight excluding hydrogens is 307 g/mol. The summed E-state index contributed by atoms with van der Waals surface area (Å²) in [6, 6.07) is 9.67. The molecule has 0 fully saturated rings. The maximum absolute atomic E-state index is 12.9. The highest BCUT2D eigenvalue weighted by Gasteiger charge is 2.30. The van der Waals surface area contributed by atoms with Crippen LogP contribution in [0, 0.1) is 0 Å². The number of fused-ring (bicyclic) bond motifs is 1. The highest BCUT2D eigenvalue weighted by atomic mass is 19.4. The Labute approximate surface area is 129 Å². The minimum absolute atomic E-state index is 0.134. The molecule has 0 saturated heterocycles. The van der Waals surface area contributed by atoms with E-state index in [4.69, 9.17) is 5.11 Å². The lowest BCUT2D eigenvalue weighted by atomic mass is 10.0. The van der Waals surface area contributed by atoms with Crippen LogP contribution in [0.25, 0.3) is 22.0 Å². The van der Waals surface area contributed by atoms with E-state index < -0.39 is 17.7 Å². The van der Waals surface area contributed by atoms with Crippen molar-refractivity contribution in [2.75, 3.05) is 0 Å². The van der Waals surface area contributed by atoms with E-state index in [2.05, 4.69) is 0 Å². The van der Waals surface area contributed by atoms with Crippen LogP contribution in [0.5, 0.6) is 0 Å². The molecule has 0 bridgehead atoms. The van der Waals surface area contributed by atoms with E-state index in [1.165, 1.54) is 18.2 Å². The van der Waals surface area contributed by atoms with Gasteiger partial charge in [0.1, 0.15) is 0 Å². The first-order chi connectivity index (χ1) is 10.8. The van der Waals surface area contributed by atoms with E-state index in [0.29, 0.717) is 22.0 Å². The molecular formula is C17H12F3NO2. The molecule has 0 saturated carbocycles. The normalized spacial score (nSPS) is 11.8. The van der Waals surface area contributed by atoms with Crippen molar-refractivity contribution < 1.29 is 23.1 Å². The monoisotopic (exact) mass is 319 g/mol. The minimum atomic E-state index is -4.41. The molecule has 0 aliphatic heterocycles. The molecule has 0 amide bonds. The quantitative estimate of drug-likeness (QED) is 0.752. The van der Waals surface area contributed by atoms with Crippen molar-refractivity contribution in [3.63, 3.8) is 0 Å². The number of halogens is 3. The minimum Gasteiger partial charge on any atom is -0.478 e. The Kier molecular flexibility index (Phi) is 3.39. The second kappa shape index (κ2) is 5.15. The second-order valence-electron chi connectivity index (χ2n) is 5.27. The number of nitrogens with zero attached hydrogens (tertiary/aromatic N) is 1. The van der Waals surface area contributed by atoms with Gasteiger partial charge in [0.2, 0.25) is 0 Å². The van der Waals surface area contributed by atoms with Gasteiger partial charge >= 0.3 is 12.1 Å². The summed E-state index contributed by atoms with van der Waals surface area (Å²) in [6.45, 7) is 0. The maximum atomic E-state index is 12.9. The number of alkyl halides is 3. The van der Waals surface area contributed by atoms with E-state index in [9.17, 15) is 18.0 Å². The Morgan fingerprint density at radius 2 is 1.87 bits per heavy atom. The van der Waals surface area contributed by atoms with E-state index in [-0.39, 0.29) is 5.56 Å². The molecule has 1 N–H and O–H groups in total. The molecule has 3 rings (SSSR count). The number of aryl methyl sites for hydroxylation is 1. The highest BCUT2D eigenvalue weighted by molar-refractivity contribution is 6.00. The Bertz CT molecular complexity index is 910. The SMILES string of the molecule is Cn1cc(-c2cccc(C(F)(F)F)c2)c2ccc(C(=O)O)cc21. The third-order valence-electron chi connectivity index (χ3n) is 3.74. The van der Waals surface area contributed by atoms with Gasteiger partial charge in [-0.15, -0.1) is 0 Å². The summed E-state index contributed by atoms with van der Waals surface area (Å²) >= 11 is 0. The molecule has 0 aliphatic rings. The molecule has 23 heavy (non-hydrogen) atoms. The van der Waals surface area contributed by atoms with Crippen LogP contribution in [0.4, 0.5) is 13.2 Å². The van der Waals surface area contributed by atoms with Crippen molar-refractivity contribution in [1.29, 1.82) is 0 Å². The van der Waals surface area contributed by atoms with Gasteiger partial charge in [-0.1, -0.05) is 18.2 Å². The Balaban J connectivity index is 2.20. The maximum Gasteiger partial charge on any atom is 0.416 e. The van der Waals surface area contributed by atoms with E-state index >= 15 is 0 Å². The number of rotatable bonds is 2. The van der Waals surface area contributed by atoms with Crippen LogP contribution < -0.4 is 0 Å². The lowest BCUT2D eigenvalue weighted by Crippen LogP contribution is -2.04. The van der Waals surface area contributed by atoms with E-state index in [1.54, 1.807) is 29.9 Å². The summed E-state index contributed by atoms with van der Waals surface area (Å²) in [7, 11) is 1.73. The number of carbonyl (C=O) groups is 1. The van der Waals surface area contributed by atoms with Crippen molar-refractivity contribution in [2.45, 2.75) is 6.18 Å². The van der Waals surface area contributed by atoms with Crippen molar-refractivity contribution in [3.05, 3.63) is 59.8 Å². The molecule has 1 heterocycles. The standard InChI is InChI=1S/C17H12F3NO2/c1-21-9-14(10-3-2-4-12(7-10)17(18,19)20)13-6-5-11(16(22)23)8-15(13)21/h2-9H,1H3,(H,22,23). The van der Waals surface area contributed by atoms with Gasteiger partial charge in [-0.05, 0) is 29.8 Å². The van der Waals surface area contributed by atoms with Gasteiger partial charge in [-0.25, -0.2) is 4.79 Å². The summed E-state index contributed by atoms with van der Waals surface area (Å²) in [5, 5.41) is 9.76. The molecule has 6 heteroatoms. The first kappa shape index (κ1) is 15.1. The topological polar surface area (TPSA) is 42.2 Å². The summed E-state index contributed by atoms with van der Waals surface area (Å²) in [5.41, 5.74) is 1.14. The average molecular weight is 319 g/mol. The van der Waals surface area contributed by atoms with Crippen LogP contribution in [-0.2, 0) is 13.2 Å². The number of aromatic nitrogens is 1. The summed E-state index contributed by atoms with van der Waals surface area (Å²) in [6.07, 6.45) is -2.71. The zero-order chi connectivity index (χ0) is 16.8. The van der Waals surface area contributed by atoms with Crippen LogP contribution in [0.3, 0.4) is 0 Å². The smallest absolute Gasteiger partial charge is 0.416 e. The van der Waals surface area contributed by atoms with Gasteiger partial charge in [-0.3, -0.25) is 0 Å². The number of aromatic carboxylic acids is 1. The van der Waals surface area contributed by atoms with E-state index in [1.807, 2.05) is 0 Å². The fourth-order valence-corrected chi connectivity index (χ4v) is 2.61. The van der Waals surface area contributed by atoms with Gasteiger partial charge in [0.25, 0.3) is 0 Å². The summed E-state index contributed by atoms with van der Waals surface area (Å²) in [4.78, 5) is 11.1. The molecule has 0 unspecified atom stereocenters. The fourth-order valence-electron chi connectivity index (χ4n) is 2.61. The predicted molar refractivity (Wildman–Crippen MR) is 80.3 cm³/mol. The third kappa shape index (κ3) is 2.67. The predicted octanol–water partition coefficient (Wildman–Crippen LogP) is 4.56. The summed E-state index contributed by atoms with van der Waals surface area (Å²) < 4.78 is 40.3. The molecule has 0 atom stereocenters. The number of hydrogen-bond acceptors (Lipinski definition) is 1. The van der Waals surface area contributed by atoms with Crippen molar-refractivity contribution in [2.24, 2.45) is 7.05 Å². The lowest BCUT2D eigenvalue weighted by molar-refractivity contribution is -0.137. The molecule has 0 spiro atoms. The molecule has 3 aromatic rings. The second-order valence-corrected chi connectivity index (χ2v) is 5.27. The summed E-state index contributed by atoms with van der Waals surface area (Å²) in [5.74, 6) is -1.05. The zero-order valence-corrected chi connectivity index (χ0v) is 12.1. The number of carboxylic acid groups (broad SMARTS) is 1. The Morgan fingerprint density at radius 3 is 2.52 bits per heavy atom. The molecule has 1 aromatic heterocycles. The van der Waals surface area contributed by atoms with Gasteiger partial charge in [0.15, 0.2) is 0 Å². The highest BCUT2D eigenvalue weighted by Crippen LogP contribution is 2.35. The molecule has 0 aliphatic carbocycles. The molecule has 2 aromatic carbocycles. The van der Waals surface area contributed by atoms with Gasteiger partial charge in [0.05, 0.1) is 11.1 Å².